The van der Waals surface area contributed by atoms with E-state index in [-0.39, 0.29) is 29.0 Å². The van der Waals surface area contributed by atoms with Crippen LogP contribution in [0.2, 0.25) is 0 Å². The molecule has 2 heterocycles. The first-order valence-corrected chi connectivity index (χ1v) is 10.3. The predicted molar refractivity (Wildman–Crippen MR) is 110 cm³/mol. The SMILES string of the molecule is O=C(Cc1c[nH]c2cc(F)ccc12)Nc1ccc(S(=O)(=O)Nc2ncccn2)cc1. The topological polar surface area (TPSA) is 117 Å². The van der Waals surface area contributed by atoms with Crippen molar-refractivity contribution in [2.45, 2.75) is 11.3 Å². The summed E-state index contributed by atoms with van der Waals surface area (Å²) in [5, 5.41) is 3.48. The van der Waals surface area contributed by atoms with E-state index in [0.717, 1.165) is 10.9 Å². The second-order valence-electron chi connectivity index (χ2n) is 6.43. The molecule has 0 aliphatic rings. The summed E-state index contributed by atoms with van der Waals surface area (Å²) in [7, 11) is -3.85. The predicted octanol–water partition coefficient (Wildman–Crippen LogP) is 3.08. The molecule has 30 heavy (non-hydrogen) atoms. The minimum Gasteiger partial charge on any atom is -0.361 e. The second kappa shape index (κ2) is 7.91. The molecule has 2 aromatic carbocycles. The number of sulfonamides is 1. The summed E-state index contributed by atoms with van der Waals surface area (Å²) in [4.78, 5) is 23.0. The number of hydrogen-bond donors (Lipinski definition) is 3. The highest BCUT2D eigenvalue weighted by Gasteiger charge is 2.16. The molecule has 152 valence electrons. The maximum Gasteiger partial charge on any atom is 0.264 e. The van der Waals surface area contributed by atoms with E-state index in [2.05, 4.69) is 25.0 Å². The molecule has 0 radical (unpaired) electrons. The zero-order chi connectivity index (χ0) is 21.1. The first-order chi connectivity index (χ1) is 14.4. The molecule has 0 aliphatic carbocycles. The molecule has 0 aliphatic heterocycles. The van der Waals surface area contributed by atoms with Crippen LogP contribution >= 0.6 is 0 Å². The molecular formula is C20H16FN5O3S. The van der Waals surface area contributed by atoms with E-state index in [1.807, 2.05) is 0 Å². The van der Waals surface area contributed by atoms with Gasteiger partial charge in [-0.15, -0.1) is 0 Å². The average Bonchev–Trinajstić information content (AvgIpc) is 3.10. The van der Waals surface area contributed by atoms with Crippen molar-refractivity contribution in [1.82, 2.24) is 15.0 Å². The number of nitrogens with one attached hydrogen (secondary N) is 3. The molecule has 4 rings (SSSR count). The van der Waals surface area contributed by atoms with E-state index in [1.165, 1.54) is 48.8 Å². The largest absolute Gasteiger partial charge is 0.361 e. The number of nitrogens with zero attached hydrogens (tertiary/aromatic N) is 2. The summed E-state index contributed by atoms with van der Waals surface area (Å²) in [6, 6.07) is 11.6. The van der Waals surface area contributed by atoms with E-state index in [9.17, 15) is 17.6 Å². The van der Waals surface area contributed by atoms with E-state index >= 15 is 0 Å². The standard InChI is InChI=1S/C20H16FN5O3S/c21-14-2-7-17-13(12-24-18(17)11-14)10-19(27)25-15-3-5-16(6-4-15)30(28,29)26-20-22-8-1-9-23-20/h1-9,11-12,24H,10H2,(H,25,27)(H,22,23,26). The molecule has 0 unspecified atom stereocenters. The summed E-state index contributed by atoms with van der Waals surface area (Å²) in [5.41, 5.74) is 1.79. The zero-order valence-electron chi connectivity index (χ0n) is 15.5. The number of hydrogen-bond acceptors (Lipinski definition) is 5. The van der Waals surface area contributed by atoms with Crippen molar-refractivity contribution in [3.8, 4) is 0 Å². The smallest absolute Gasteiger partial charge is 0.264 e. The van der Waals surface area contributed by atoms with Crippen LogP contribution in [0, 0.1) is 5.82 Å². The molecule has 0 saturated carbocycles. The monoisotopic (exact) mass is 425 g/mol. The Morgan fingerprint density at radius 2 is 1.80 bits per heavy atom. The zero-order valence-corrected chi connectivity index (χ0v) is 16.3. The molecule has 0 spiro atoms. The van der Waals surface area contributed by atoms with Crippen LogP contribution in [0.5, 0.6) is 0 Å². The lowest BCUT2D eigenvalue weighted by Crippen LogP contribution is -2.16. The number of amides is 1. The number of carbonyl (C=O) groups is 1. The second-order valence-corrected chi connectivity index (χ2v) is 8.11. The maximum absolute atomic E-state index is 13.3. The Hall–Kier alpha value is -3.79. The molecule has 2 aromatic heterocycles. The lowest BCUT2D eigenvalue weighted by atomic mass is 10.1. The Morgan fingerprint density at radius 1 is 1.07 bits per heavy atom. The summed E-state index contributed by atoms with van der Waals surface area (Å²) in [6.07, 6.45) is 4.59. The van der Waals surface area contributed by atoms with Gasteiger partial charge in [-0.05, 0) is 54.1 Å². The van der Waals surface area contributed by atoms with Crippen LogP contribution in [0.4, 0.5) is 16.0 Å². The maximum atomic E-state index is 13.3. The van der Waals surface area contributed by atoms with Gasteiger partial charge in [0, 0.05) is 35.2 Å². The third-order valence-electron chi connectivity index (χ3n) is 4.32. The number of benzene rings is 2. The van der Waals surface area contributed by atoms with Crippen molar-refractivity contribution in [2.75, 3.05) is 10.0 Å². The highest BCUT2D eigenvalue weighted by molar-refractivity contribution is 7.92. The Balaban J connectivity index is 1.43. The van der Waals surface area contributed by atoms with Gasteiger partial charge < -0.3 is 10.3 Å². The van der Waals surface area contributed by atoms with Gasteiger partial charge in [-0.1, -0.05) is 0 Å². The van der Waals surface area contributed by atoms with Gasteiger partial charge >= 0.3 is 0 Å². The van der Waals surface area contributed by atoms with Gasteiger partial charge in [-0.3, -0.25) is 4.79 Å². The number of aromatic nitrogens is 3. The highest BCUT2D eigenvalue weighted by atomic mass is 32.2. The van der Waals surface area contributed by atoms with Crippen molar-refractivity contribution < 1.29 is 17.6 Å². The van der Waals surface area contributed by atoms with Crippen LogP contribution in [-0.2, 0) is 21.2 Å². The number of anilines is 2. The van der Waals surface area contributed by atoms with Crippen molar-refractivity contribution >= 4 is 38.5 Å². The molecule has 1 amide bonds. The Morgan fingerprint density at radius 3 is 2.53 bits per heavy atom. The summed E-state index contributed by atoms with van der Waals surface area (Å²) in [5.74, 6) is -0.677. The van der Waals surface area contributed by atoms with Crippen LogP contribution in [0.3, 0.4) is 0 Å². The van der Waals surface area contributed by atoms with Crippen molar-refractivity contribution in [3.05, 3.63) is 78.5 Å². The van der Waals surface area contributed by atoms with Gasteiger partial charge in [0.25, 0.3) is 10.0 Å². The van der Waals surface area contributed by atoms with Gasteiger partial charge in [0.1, 0.15) is 5.82 Å². The van der Waals surface area contributed by atoms with Crippen LogP contribution in [0.25, 0.3) is 10.9 Å². The van der Waals surface area contributed by atoms with Gasteiger partial charge in [0.2, 0.25) is 11.9 Å². The van der Waals surface area contributed by atoms with Crippen LogP contribution in [-0.4, -0.2) is 29.3 Å². The first kappa shape index (κ1) is 19.5. The number of rotatable bonds is 6. The van der Waals surface area contributed by atoms with Crippen molar-refractivity contribution in [1.29, 1.82) is 0 Å². The number of halogens is 1. The lowest BCUT2D eigenvalue weighted by Gasteiger charge is -2.08. The average molecular weight is 425 g/mol. The molecule has 0 bridgehead atoms. The third-order valence-corrected chi connectivity index (χ3v) is 5.66. The van der Waals surface area contributed by atoms with Crippen molar-refractivity contribution in [2.24, 2.45) is 0 Å². The Kier molecular flexibility index (Phi) is 5.15. The van der Waals surface area contributed by atoms with Gasteiger partial charge in [0.05, 0.1) is 11.3 Å². The van der Waals surface area contributed by atoms with E-state index in [0.29, 0.717) is 11.2 Å². The van der Waals surface area contributed by atoms with E-state index < -0.39 is 10.0 Å². The summed E-state index contributed by atoms with van der Waals surface area (Å²) in [6.45, 7) is 0. The number of carbonyl (C=O) groups excluding carboxylic acids is 1. The fraction of sp³-hybridized carbons (Fsp3) is 0.0500. The van der Waals surface area contributed by atoms with Gasteiger partial charge in [0.15, 0.2) is 0 Å². The van der Waals surface area contributed by atoms with Crippen LogP contribution < -0.4 is 10.0 Å². The molecule has 8 nitrogen and oxygen atoms in total. The van der Waals surface area contributed by atoms with Gasteiger partial charge in [-0.2, -0.15) is 0 Å². The molecule has 3 N–H and O–H groups in total. The number of aromatic amines is 1. The van der Waals surface area contributed by atoms with E-state index in [1.54, 1.807) is 18.3 Å². The first-order valence-electron chi connectivity index (χ1n) is 8.86. The number of H-pyrrole nitrogens is 1. The lowest BCUT2D eigenvalue weighted by molar-refractivity contribution is -0.115. The third kappa shape index (κ3) is 4.28. The van der Waals surface area contributed by atoms with Crippen molar-refractivity contribution in [3.63, 3.8) is 0 Å². The highest BCUT2D eigenvalue weighted by Crippen LogP contribution is 2.21. The summed E-state index contributed by atoms with van der Waals surface area (Å²) >= 11 is 0. The van der Waals surface area contributed by atoms with Crippen LogP contribution in [0.1, 0.15) is 5.56 Å². The number of fused-ring (bicyclic) bond motifs is 1. The quantitative estimate of drug-likeness (QED) is 0.439. The normalized spacial score (nSPS) is 11.4. The minimum absolute atomic E-state index is 0.00612. The fourth-order valence-electron chi connectivity index (χ4n) is 2.93. The molecule has 0 atom stereocenters. The fourth-order valence-corrected chi connectivity index (χ4v) is 3.89. The Bertz CT molecular complexity index is 1310. The molecule has 0 saturated heterocycles. The van der Waals surface area contributed by atoms with Gasteiger partial charge in [-0.25, -0.2) is 27.5 Å². The van der Waals surface area contributed by atoms with Crippen LogP contribution in [0.15, 0.2) is 72.0 Å². The minimum atomic E-state index is -3.85. The molecule has 0 fully saturated rings. The summed E-state index contributed by atoms with van der Waals surface area (Å²) < 4.78 is 40.3. The molecule has 10 heteroatoms. The van der Waals surface area contributed by atoms with E-state index in [4.69, 9.17) is 0 Å². The molecule has 4 aromatic rings. The molecular weight excluding hydrogens is 409 g/mol. The Labute approximate surface area is 171 Å².